The molecule has 1 unspecified atom stereocenters. The van der Waals surface area contributed by atoms with Gasteiger partial charge in [-0.15, -0.1) is 0 Å². The summed E-state index contributed by atoms with van der Waals surface area (Å²) in [5.41, 5.74) is 1.09. The Hall–Kier alpha value is -3.10. The molecule has 0 fully saturated rings. The Bertz CT molecular complexity index is 708. The normalized spacial score (nSPS) is 11.6. The van der Waals surface area contributed by atoms with E-state index in [0.29, 0.717) is 0 Å². The summed E-state index contributed by atoms with van der Waals surface area (Å²) in [6.45, 7) is -1.04. The zero-order valence-corrected chi connectivity index (χ0v) is 13.7. The number of carbonyl (C=O) groups is 2. The number of carboxylic acids is 2. The van der Waals surface area contributed by atoms with Gasteiger partial charge in [0.05, 0.1) is 6.61 Å². The maximum atomic E-state index is 10.6. The molecule has 0 saturated carbocycles. The van der Waals surface area contributed by atoms with Crippen LogP contribution in [0.2, 0.25) is 0 Å². The lowest BCUT2D eigenvalue weighted by molar-refractivity contribution is -0.140. The maximum Gasteiger partial charge on any atom is 0.341 e. The molecule has 26 heavy (non-hydrogen) atoms. The highest BCUT2D eigenvalue weighted by Gasteiger charge is 2.14. The Morgan fingerprint density at radius 1 is 0.885 bits per heavy atom. The molecule has 0 aliphatic rings. The second kappa shape index (κ2) is 9.40. The first-order valence-corrected chi connectivity index (χ1v) is 7.62. The third-order valence-corrected chi connectivity index (χ3v) is 3.16. The second-order valence-electron chi connectivity index (χ2n) is 5.25. The largest absolute Gasteiger partial charge is 0.482 e. The monoisotopic (exact) mass is 362 g/mol. The number of benzene rings is 2. The number of rotatable bonds is 10. The Morgan fingerprint density at radius 2 is 1.42 bits per heavy atom. The second-order valence-corrected chi connectivity index (χ2v) is 5.25. The van der Waals surface area contributed by atoms with E-state index in [4.69, 9.17) is 24.4 Å². The molecule has 8 heteroatoms. The van der Waals surface area contributed by atoms with Gasteiger partial charge in [-0.3, -0.25) is 0 Å². The Morgan fingerprint density at radius 3 is 1.92 bits per heavy atom. The van der Waals surface area contributed by atoms with Crippen molar-refractivity contribution in [2.24, 2.45) is 0 Å². The minimum Gasteiger partial charge on any atom is -0.482 e. The molecule has 2 aromatic rings. The lowest BCUT2D eigenvalue weighted by Gasteiger charge is -2.15. The van der Waals surface area contributed by atoms with Gasteiger partial charge in [-0.05, 0) is 17.7 Å². The van der Waals surface area contributed by atoms with Gasteiger partial charge in [0.15, 0.2) is 19.5 Å². The van der Waals surface area contributed by atoms with Crippen LogP contribution >= 0.6 is 0 Å². The highest BCUT2D eigenvalue weighted by atomic mass is 16.6. The van der Waals surface area contributed by atoms with Crippen LogP contribution in [0.15, 0.2) is 48.5 Å². The summed E-state index contributed by atoms with van der Waals surface area (Å²) in [5.74, 6) is -2.14. The van der Waals surface area contributed by atoms with Crippen molar-refractivity contribution in [2.75, 3.05) is 13.2 Å². The molecular weight excluding hydrogens is 344 g/mol. The van der Waals surface area contributed by atoms with Crippen molar-refractivity contribution in [3.8, 4) is 11.5 Å². The van der Waals surface area contributed by atoms with Gasteiger partial charge in [-0.1, -0.05) is 30.3 Å². The standard InChI is InChI=1S/C18H18O8/c19-16(20)10-24-14-6-13(7-15(8-14)25-11-17(21)22)18(23)26-9-12-4-2-1-3-5-12/h1-8,18,23H,9-11H2,(H,19,20)(H,21,22). The minimum absolute atomic E-state index is 0.104. The molecule has 0 heterocycles. The maximum absolute atomic E-state index is 10.6. The van der Waals surface area contributed by atoms with E-state index < -0.39 is 31.4 Å². The van der Waals surface area contributed by atoms with Gasteiger partial charge in [0.1, 0.15) is 11.5 Å². The lowest BCUT2D eigenvalue weighted by atomic mass is 10.2. The highest BCUT2D eigenvalue weighted by Crippen LogP contribution is 2.28. The summed E-state index contributed by atoms with van der Waals surface area (Å²) in [7, 11) is 0. The number of ether oxygens (including phenoxy) is 3. The number of hydrogen-bond donors (Lipinski definition) is 3. The average Bonchev–Trinajstić information content (AvgIpc) is 2.63. The van der Waals surface area contributed by atoms with Crippen molar-refractivity contribution < 1.29 is 39.1 Å². The van der Waals surface area contributed by atoms with E-state index in [2.05, 4.69) is 0 Å². The van der Waals surface area contributed by atoms with E-state index in [-0.39, 0.29) is 23.7 Å². The minimum atomic E-state index is -1.34. The molecule has 1 atom stereocenters. The Labute approximate surface area is 149 Å². The third kappa shape index (κ3) is 6.42. The van der Waals surface area contributed by atoms with Crippen LogP contribution in [-0.4, -0.2) is 40.5 Å². The zero-order chi connectivity index (χ0) is 18.9. The molecular formula is C18H18O8. The SMILES string of the molecule is O=C(O)COc1cc(OCC(=O)O)cc(C(O)OCc2ccccc2)c1. The van der Waals surface area contributed by atoms with Crippen LogP contribution in [0.1, 0.15) is 17.4 Å². The molecule has 0 spiro atoms. The van der Waals surface area contributed by atoms with Gasteiger partial charge in [-0.25, -0.2) is 9.59 Å². The summed E-state index contributed by atoms with van der Waals surface area (Å²) in [6.07, 6.45) is -1.34. The molecule has 0 aliphatic heterocycles. The summed E-state index contributed by atoms with van der Waals surface area (Å²) < 4.78 is 15.5. The third-order valence-electron chi connectivity index (χ3n) is 3.16. The van der Waals surface area contributed by atoms with Crippen molar-refractivity contribution in [3.05, 3.63) is 59.7 Å². The smallest absolute Gasteiger partial charge is 0.341 e. The molecule has 138 valence electrons. The molecule has 2 aromatic carbocycles. The van der Waals surface area contributed by atoms with E-state index in [0.717, 1.165) is 5.56 Å². The summed E-state index contributed by atoms with van der Waals surface area (Å²) >= 11 is 0. The Kier molecular flexibility index (Phi) is 6.95. The van der Waals surface area contributed by atoms with E-state index in [9.17, 15) is 14.7 Å². The molecule has 8 nitrogen and oxygen atoms in total. The van der Waals surface area contributed by atoms with Crippen LogP contribution in [0, 0.1) is 0 Å². The van der Waals surface area contributed by atoms with Gasteiger partial charge < -0.3 is 29.5 Å². The van der Waals surface area contributed by atoms with Crippen molar-refractivity contribution in [2.45, 2.75) is 12.9 Å². The van der Waals surface area contributed by atoms with Gasteiger partial charge >= 0.3 is 11.9 Å². The van der Waals surface area contributed by atoms with Crippen LogP contribution in [0.4, 0.5) is 0 Å². The van der Waals surface area contributed by atoms with E-state index in [1.54, 1.807) is 0 Å². The fourth-order valence-electron chi connectivity index (χ4n) is 2.04. The number of aliphatic hydroxyl groups excluding tert-OH is 1. The molecule has 0 bridgehead atoms. The van der Waals surface area contributed by atoms with Crippen LogP contribution in [0.25, 0.3) is 0 Å². The first-order valence-electron chi connectivity index (χ1n) is 7.62. The fraction of sp³-hybridized carbons (Fsp3) is 0.222. The molecule has 0 aliphatic carbocycles. The van der Waals surface area contributed by atoms with Crippen LogP contribution in [0.5, 0.6) is 11.5 Å². The Balaban J connectivity index is 2.12. The molecule has 3 N–H and O–H groups in total. The van der Waals surface area contributed by atoms with Crippen LogP contribution in [-0.2, 0) is 20.9 Å². The quantitative estimate of drug-likeness (QED) is 0.547. The first-order chi connectivity index (χ1) is 12.4. The molecule has 0 amide bonds. The highest BCUT2D eigenvalue weighted by molar-refractivity contribution is 5.69. The topological polar surface area (TPSA) is 123 Å². The van der Waals surface area contributed by atoms with Crippen molar-refractivity contribution in [3.63, 3.8) is 0 Å². The average molecular weight is 362 g/mol. The van der Waals surface area contributed by atoms with E-state index >= 15 is 0 Å². The number of carboxylic acid groups (broad SMARTS) is 2. The predicted molar refractivity (Wildman–Crippen MR) is 88.9 cm³/mol. The van der Waals surface area contributed by atoms with Crippen LogP contribution < -0.4 is 9.47 Å². The van der Waals surface area contributed by atoms with Crippen molar-refractivity contribution >= 4 is 11.9 Å². The fourth-order valence-corrected chi connectivity index (χ4v) is 2.04. The van der Waals surface area contributed by atoms with Crippen molar-refractivity contribution in [1.29, 1.82) is 0 Å². The summed E-state index contributed by atoms with van der Waals surface area (Å²) in [6, 6.07) is 13.3. The van der Waals surface area contributed by atoms with E-state index in [1.807, 2.05) is 30.3 Å². The molecule has 0 radical (unpaired) electrons. The van der Waals surface area contributed by atoms with Gasteiger partial charge in [0.2, 0.25) is 0 Å². The number of aliphatic hydroxyl groups is 1. The number of aliphatic carboxylic acids is 2. The number of hydrogen-bond acceptors (Lipinski definition) is 6. The zero-order valence-electron chi connectivity index (χ0n) is 13.7. The van der Waals surface area contributed by atoms with Crippen molar-refractivity contribution in [1.82, 2.24) is 0 Å². The summed E-state index contributed by atoms with van der Waals surface area (Å²) in [4.78, 5) is 21.3. The lowest BCUT2D eigenvalue weighted by Crippen LogP contribution is -2.12. The van der Waals surface area contributed by atoms with Gasteiger partial charge in [0.25, 0.3) is 0 Å². The molecule has 0 aromatic heterocycles. The first kappa shape index (κ1) is 19.2. The summed E-state index contributed by atoms with van der Waals surface area (Å²) in [5, 5.41) is 27.6. The molecule has 2 rings (SSSR count). The van der Waals surface area contributed by atoms with Gasteiger partial charge in [0, 0.05) is 11.6 Å². The van der Waals surface area contributed by atoms with Crippen LogP contribution in [0.3, 0.4) is 0 Å². The predicted octanol–water partition coefficient (Wildman–Crippen LogP) is 1.82. The molecule has 0 saturated heterocycles. The van der Waals surface area contributed by atoms with Gasteiger partial charge in [-0.2, -0.15) is 0 Å². The van der Waals surface area contributed by atoms with E-state index in [1.165, 1.54) is 18.2 Å².